The van der Waals surface area contributed by atoms with Crippen LogP contribution in [0.1, 0.15) is 0 Å². The fraction of sp³-hybridized carbons (Fsp3) is 0. The first-order valence-electron chi connectivity index (χ1n) is 0. The third kappa shape index (κ3) is 435. The topological polar surface area (TPSA) is 142 Å². The minimum Gasteiger partial charge on any atom is -2.00 e. The summed E-state index contributed by atoms with van der Waals surface area (Å²) in [5.41, 5.74) is 0. The van der Waals surface area contributed by atoms with Crippen molar-refractivity contribution >= 4 is 17.4 Å². The molecule has 0 amide bonds. The molecule has 0 fully saturated rings. The summed E-state index contributed by atoms with van der Waals surface area (Å²) >= 11 is 0. The summed E-state index contributed by atoms with van der Waals surface area (Å²) in [5, 5.41) is 0. The zero-order valence-corrected chi connectivity index (χ0v) is 3.77. The van der Waals surface area contributed by atoms with Crippen LogP contribution in [0.15, 0.2) is 0 Å². The smallest absolute Gasteiger partial charge is 2.00 e. The van der Waals surface area contributed by atoms with E-state index < -0.39 is 0 Å². The molecule has 0 heterocycles. The van der Waals surface area contributed by atoms with Crippen molar-refractivity contribution < 1.29 is 27.4 Å². The maximum absolute atomic E-state index is 0. The van der Waals surface area contributed by atoms with E-state index in [0.717, 1.165) is 0 Å². The van der Waals surface area contributed by atoms with Crippen molar-refractivity contribution in [3.05, 3.63) is 0 Å². The van der Waals surface area contributed by atoms with E-state index in [1.807, 2.05) is 0 Å². The maximum Gasteiger partial charge on any atom is 3.00 e. The van der Waals surface area contributed by atoms with E-state index in [9.17, 15) is 0 Å². The van der Waals surface area contributed by atoms with E-state index in [1.54, 1.807) is 0 Å². The molecular weight excluding hydrogens is 107 g/mol. The van der Waals surface area contributed by atoms with Crippen LogP contribution in [-0.4, -0.2) is 17.4 Å². The van der Waals surface area contributed by atoms with E-state index in [4.69, 9.17) is 0 Å². The third-order valence-electron chi connectivity index (χ3n) is 0. The van der Waals surface area contributed by atoms with Gasteiger partial charge in [-0.25, -0.2) is 0 Å². The van der Waals surface area contributed by atoms with E-state index in [2.05, 4.69) is 0 Å². The van der Waals surface area contributed by atoms with Crippen LogP contribution in [0.4, 0.5) is 0 Å². The van der Waals surface area contributed by atoms with E-state index in [0.29, 0.717) is 0 Å². The molecule has 0 aliphatic rings. The second kappa shape index (κ2) is 906. The monoisotopic (exact) mass is 107 g/mol. The minimum atomic E-state index is 0. The van der Waals surface area contributed by atoms with E-state index in [-0.39, 0.29) is 44.7 Å². The van der Waals surface area contributed by atoms with Crippen LogP contribution < -0.4 is 0 Å². The Morgan fingerprint density at radius 2 is 0.333 bits per heavy atom. The summed E-state index contributed by atoms with van der Waals surface area (Å²) in [7, 11) is 0. The minimum absolute atomic E-state index is 0. The standard InChI is InChI=1S/Al.5O/q+3;5*-2. The summed E-state index contributed by atoms with van der Waals surface area (Å²) in [5.74, 6) is 0. The fourth-order valence-corrected chi connectivity index (χ4v) is 0. The van der Waals surface area contributed by atoms with Crippen molar-refractivity contribution in [2.45, 2.75) is 0 Å². The van der Waals surface area contributed by atoms with Crippen molar-refractivity contribution in [3.63, 3.8) is 0 Å². The van der Waals surface area contributed by atoms with Crippen molar-refractivity contribution in [1.82, 2.24) is 0 Å². The Labute approximate surface area is 45.6 Å². The van der Waals surface area contributed by atoms with Gasteiger partial charge >= 0.3 is 17.4 Å². The van der Waals surface area contributed by atoms with Gasteiger partial charge in [-0.3, -0.25) is 0 Å². The van der Waals surface area contributed by atoms with Crippen molar-refractivity contribution in [1.29, 1.82) is 0 Å². The summed E-state index contributed by atoms with van der Waals surface area (Å²) in [4.78, 5) is 0. The Hall–Kier alpha value is 0.332. The van der Waals surface area contributed by atoms with Crippen LogP contribution in [0.25, 0.3) is 0 Å². The van der Waals surface area contributed by atoms with Gasteiger partial charge in [-0.15, -0.1) is 0 Å². The maximum atomic E-state index is 0. The molecule has 40 valence electrons. The molecule has 0 aromatic rings. The molecule has 6 heteroatoms. The fourth-order valence-electron chi connectivity index (χ4n) is 0. The Kier molecular flexibility index (Phi) is 246000. The van der Waals surface area contributed by atoms with Crippen LogP contribution in [0.2, 0.25) is 0 Å². The second-order valence-corrected chi connectivity index (χ2v) is 0. The SMILES string of the molecule is [Al+3].[O-2].[O-2].[O-2].[O-2].[O-2]. The molecule has 0 spiro atoms. The Morgan fingerprint density at radius 1 is 0.333 bits per heavy atom. The van der Waals surface area contributed by atoms with Crippen LogP contribution in [-0.2, 0) is 27.4 Å². The summed E-state index contributed by atoms with van der Waals surface area (Å²) < 4.78 is 0. The van der Waals surface area contributed by atoms with Crippen molar-refractivity contribution in [3.8, 4) is 0 Å². The predicted molar refractivity (Wildman–Crippen MR) is 9.19 cm³/mol. The van der Waals surface area contributed by atoms with Gasteiger partial charge in [-0.05, 0) is 0 Å². The number of rotatable bonds is 0. The van der Waals surface area contributed by atoms with Crippen LogP contribution in [0, 0.1) is 0 Å². The van der Waals surface area contributed by atoms with Crippen molar-refractivity contribution in [2.24, 2.45) is 0 Å². The number of hydrogen-bond donors (Lipinski definition) is 0. The summed E-state index contributed by atoms with van der Waals surface area (Å²) in [6.07, 6.45) is 0. The van der Waals surface area contributed by atoms with Gasteiger partial charge in [-0.1, -0.05) is 0 Å². The van der Waals surface area contributed by atoms with Gasteiger partial charge in [0, 0.05) is 0 Å². The molecular formula is AlO5-7. The molecule has 0 unspecified atom stereocenters. The van der Waals surface area contributed by atoms with Gasteiger partial charge in [0.1, 0.15) is 0 Å². The van der Waals surface area contributed by atoms with Crippen LogP contribution >= 0.6 is 0 Å². The molecule has 6 heavy (non-hydrogen) atoms. The van der Waals surface area contributed by atoms with Gasteiger partial charge in [0.05, 0.1) is 0 Å². The average Bonchev–Trinajstić information content (AvgIpc) is 0. The molecule has 0 saturated heterocycles. The summed E-state index contributed by atoms with van der Waals surface area (Å²) in [6, 6.07) is 0. The zero-order chi connectivity index (χ0) is 0. The molecule has 0 aromatic heterocycles. The predicted octanol–water partition coefficient (Wildman–Crippen LogP) is -0.975. The molecule has 0 atom stereocenters. The second-order valence-electron chi connectivity index (χ2n) is 0. The van der Waals surface area contributed by atoms with Gasteiger partial charge in [0.15, 0.2) is 0 Å². The molecule has 0 bridgehead atoms. The van der Waals surface area contributed by atoms with Gasteiger partial charge in [0.25, 0.3) is 0 Å². The summed E-state index contributed by atoms with van der Waals surface area (Å²) in [6.45, 7) is 0. The molecule has 0 N–H and O–H groups in total. The van der Waals surface area contributed by atoms with Crippen LogP contribution in [0.5, 0.6) is 0 Å². The Bertz CT molecular complexity index is 3.90. The molecule has 0 aliphatic carbocycles. The van der Waals surface area contributed by atoms with Crippen LogP contribution in [0.3, 0.4) is 0 Å². The largest absolute Gasteiger partial charge is 3.00 e. The molecule has 0 saturated carbocycles. The van der Waals surface area contributed by atoms with E-state index >= 15 is 0 Å². The molecule has 0 radical (unpaired) electrons. The van der Waals surface area contributed by atoms with Gasteiger partial charge in [-0.2, -0.15) is 0 Å². The van der Waals surface area contributed by atoms with Gasteiger partial charge < -0.3 is 27.4 Å². The van der Waals surface area contributed by atoms with E-state index in [1.165, 1.54) is 0 Å². The first kappa shape index (κ1) is 1630. The average molecular weight is 107 g/mol. The first-order chi connectivity index (χ1) is 0. The third-order valence-corrected chi connectivity index (χ3v) is 0. The molecule has 0 aliphatic heterocycles. The normalized spacial score (nSPS) is 0. The molecule has 0 rings (SSSR count). The van der Waals surface area contributed by atoms with Gasteiger partial charge in [0.2, 0.25) is 0 Å². The number of hydrogen-bond acceptors (Lipinski definition) is 0. The molecule has 0 aromatic carbocycles. The molecule has 5 nitrogen and oxygen atoms in total. The van der Waals surface area contributed by atoms with Crippen molar-refractivity contribution in [2.75, 3.05) is 0 Å². The zero-order valence-electron chi connectivity index (χ0n) is 2.62. The first-order valence-corrected chi connectivity index (χ1v) is 0. The Morgan fingerprint density at radius 3 is 0.333 bits per heavy atom. The Balaban J connectivity index is 0. The quantitative estimate of drug-likeness (QED) is 0.350.